The summed E-state index contributed by atoms with van der Waals surface area (Å²) in [6.45, 7) is 5.98. The molecule has 0 unspecified atom stereocenters. The van der Waals surface area contributed by atoms with Crippen molar-refractivity contribution in [2.75, 3.05) is 51.3 Å². The first-order valence-electron chi connectivity index (χ1n) is 9.24. The number of benzene rings is 2. The van der Waals surface area contributed by atoms with Crippen molar-refractivity contribution in [1.82, 2.24) is 10.2 Å². The monoisotopic (exact) mass is 387 g/mol. The Hall–Kier alpha value is -2.08. The van der Waals surface area contributed by atoms with Crippen molar-refractivity contribution >= 4 is 23.2 Å². The summed E-state index contributed by atoms with van der Waals surface area (Å²) in [6, 6.07) is 15.9. The van der Waals surface area contributed by atoms with Crippen molar-refractivity contribution in [2.24, 2.45) is 0 Å². The molecular formula is C21H26ClN3O2. The Kier molecular flexibility index (Phi) is 7.10. The van der Waals surface area contributed by atoms with E-state index in [1.165, 1.54) is 11.3 Å². The quantitative estimate of drug-likeness (QED) is 0.742. The SMILES string of the molecule is COCCNC(=O)c1ccc(CN2CCN(c3ccc(Cl)cc3)CC2)cc1. The second kappa shape index (κ2) is 9.74. The molecule has 3 rings (SSSR count). The number of methoxy groups -OCH3 is 1. The van der Waals surface area contributed by atoms with Gasteiger partial charge in [-0.05, 0) is 42.0 Å². The van der Waals surface area contributed by atoms with Crippen LogP contribution < -0.4 is 10.2 Å². The minimum absolute atomic E-state index is 0.0600. The summed E-state index contributed by atoms with van der Waals surface area (Å²) in [6.07, 6.45) is 0. The van der Waals surface area contributed by atoms with E-state index >= 15 is 0 Å². The molecule has 2 aromatic carbocycles. The summed E-state index contributed by atoms with van der Waals surface area (Å²) in [5, 5.41) is 3.61. The molecule has 0 bridgehead atoms. The highest BCUT2D eigenvalue weighted by Gasteiger charge is 2.17. The number of hydrogen-bond donors (Lipinski definition) is 1. The van der Waals surface area contributed by atoms with Crippen LogP contribution in [0.3, 0.4) is 0 Å². The lowest BCUT2D eigenvalue weighted by Crippen LogP contribution is -2.45. The van der Waals surface area contributed by atoms with Gasteiger partial charge in [0.15, 0.2) is 0 Å². The fourth-order valence-electron chi connectivity index (χ4n) is 3.20. The molecule has 0 aliphatic carbocycles. The molecule has 1 aliphatic rings. The number of ether oxygens (including phenoxy) is 1. The minimum atomic E-state index is -0.0600. The van der Waals surface area contributed by atoms with Crippen LogP contribution in [0.1, 0.15) is 15.9 Å². The van der Waals surface area contributed by atoms with E-state index < -0.39 is 0 Å². The van der Waals surface area contributed by atoms with Crippen molar-refractivity contribution in [2.45, 2.75) is 6.54 Å². The Balaban J connectivity index is 1.47. The lowest BCUT2D eigenvalue weighted by Gasteiger charge is -2.36. The maximum absolute atomic E-state index is 12.0. The van der Waals surface area contributed by atoms with Crippen LogP contribution in [0.4, 0.5) is 5.69 Å². The van der Waals surface area contributed by atoms with E-state index in [1.54, 1.807) is 7.11 Å². The smallest absolute Gasteiger partial charge is 0.251 e. The average molecular weight is 388 g/mol. The fraction of sp³-hybridized carbons (Fsp3) is 0.381. The van der Waals surface area contributed by atoms with E-state index in [4.69, 9.17) is 16.3 Å². The lowest BCUT2D eigenvalue weighted by molar-refractivity contribution is 0.0937. The molecule has 6 heteroatoms. The highest BCUT2D eigenvalue weighted by molar-refractivity contribution is 6.30. The number of hydrogen-bond acceptors (Lipinski definition) is 4. The number of nitrogens with zero attached hydrogens (tertiary/aromatic N) is 2. The van der Waals surface area contributed by atoms with Crippen LogP contribution in [-0.4, -0.2) is 57.2 Å². The van der Waals surface area contributed by atoms with Gasteiger partial charge in [-0.2, -0.15) is 0 Å². The highest BCUT2D eigenvalue weighted by Crippen LogP contribution is 2.20. The van der Waals surface area contributed by atoms with Gasteiger partial charge in [0.05, 0.1) is 6.61 Å². The summed E-state index contributed by atoms with van der Waals surface area (Å²) in [5.41, 5.74) is 3.13. The molecule has 0 saturated carbocycles. The summed E-state index contributed by atoms with van der Waals surface area (Å²) in [7, 11) is 1.62. The van der Waals surface area contributed by atoms with E-state index in [2.05, 4.69) is 27.2 Å². The van der Waals surface area contributed by atoms with Crippen LogP contribution in [0.5, 0.6) is 0 Å². The Morgan fingerprint density at radius 2 is 1.70 bits per heavy atom. The standard InChI is InChI=1S/C21H26ClN3O2/c1-27-15-10-23-21(26)18-4-2-17(3-5-18)16-24-11-13-25(14-12-24)20-8-6-19(22)7-9-20/h2-9H,10-16H2,1H3,(H,23,26). The first-order valence-corrected chi connectivity index (χ1v) is 9.62. The molecule has 1 fully saturated rings. The van der Waals surface area contributed by atoms with Gasteiger partial charge < -0.3 is 15.0 Å². The van der Waals surface area contributed by atoms with Crippen molar-refractivity contribution < 1.29 is 9.53 Å². The van der Waals surface area contributed by atoms with Gasteiger partial charge in [0.1, 0.15) is 0 Å². The Morgan fingerprint density at radius 3 is 2.33 bits per heavy atom. The Morgan fingerprint density at radius 1 is 1.04 bits per heavy atom. The largest absolute Gasteiger partial charge is 0.383 e. The molecule has 1 saturated heterocycles. The summed E-state index contributed by atoms with van der Waals surface area (Å²) in [5.74, 6) is -0.0600. The third-order valence-corrected chi connectivity index (χ3v) is 5.03. The second-order valence-corrected chi connectivity index (χ2v) is 7.12. The third kappa shape index (κ3) is 5.70. The third-order valence-electron chi connectivity index (χ3n) is 4.78. The maximum atomic E-state index is 12.0. The molecule has 1 heterocycles. The van der Waals surface area contributed by atoms with Crippen LogP contribution in [0, 0.1) is 0 Å². The molecule has 0 spiro atoms. The normalized spacial score (nSPS) is 15.0. The molecule has 0 aromatic heterocycles. The number of amides is 1. The molecule has 1 amide bonds. The number of carbonyl (C=O) groups excluding carboxylic acids is 1. The minimum Gasteiger partial charge on any atom is -0.383 e. The van der Waals surface area contributed by atoms with Crippen LogP contribution >= 0.6 is 11.6 Å². The van der Waals surface area contributed by atoms with Gasteiger partial charge in [0.25, 0.3) is 5.91 Å². The highest BCUT2D eigenvalue weighted by atomic mass is 35.5. The van der Waals surface area contributed by atoms with Crippen LogP contribution in [-0.2, 0) is 11.3 Å². The van der Waals surface area contributed by atoms with Crippen molar-refractivity contribution in [1.29, 1.82) is 0 Å². The fourth-order valence-corrected chi connectivity index (χ4v) is 3.33. The topological polar surface area (TPSA) is 44.8 Å². The van der Waals surface area contributed by atoms with Crippen molar-refractivity contribution in [3.63, 3.8) is 0 Å². The summed E-state index contributed by atoms with van der Waals surface area (Å²) in [4.78, 5) is 16.9. The van der Waals surface area contributed by atoms with Gasteiger partial charge in [0, 0.05) is 62.7 Å². The first-order chi connectivity index (χ1) is 13.2. The molecule has 1 aliphatic heterocycles. The zero-order valence-corrected chi connectivity index (χ0v) is 16.4. The second-order valence-electron chi connectivity index (χ2n) is 6.69. The van der Waals surface area contributed by atoms with E-state index in [0.29, 0.717) is 18.7 Å². The summed E-state index contributed by atoms with van der Waals surface area (Å²) >= 11 is 5.97. The molecular weight excluding hydrogens is 362 g/mol. The molecule has 27 heavy (non-hydrogen) atoms. The Bertz CT molecular complexity index is 726. The maximum Gasteiger partial charge on any atom is 0.251 e. The molecule has 0 radical (unpaired) electrons. The first kappa shape index (κ1) is 19.7. The van der Waals surface area contributed by atoms with Gasteiger partial charge in [0.2, 0.25) is 0 Å². The zero-order chi connectivity index (χ0) is 19.1. The van der Waals surface area contributed by atoms with Gasteiger partial charge in [-0.1, -0.05) is 23.7 Å². The number of rotatable bonds is 7. The van der Waals surface area contributed by atoms with E-state index in [9.17, 15) is 4.79 Å². The van der Waals surface area contributed by atoms with Gasteiger partial charge >= 0.3 is 0 Å². The number of piperazine rings is 1. The molecule has 1 N–H and O–H groups in total. The van der Waals surface area contributed by atoms with Crippen LogP contribution in [0.25, 0.3) is 0 Å². The number of halogens is 1. The van der Waals surface area contributed by atoms with Crippen LogP contribution in [0.15, 0.2) is 48.5 Å². The van der Waals surface area contributed by atoms with Crippen LogP contribution in [0.2, 0.25) is 5.02 Å². The predicted octanol–water partition coefficient (Wildman–Crippen LogP) is 3.04. The Labute approximate surface area is 165 Å². The lowest BCUT2D eigenvalue weighted by atomic mass is 10.1. The molecule has 144 valence electrons. The van der Waals surface area contributed by atoms with E-state index in [0.717, 1.165) is 37.7 Å². The number of nitrogens with one attached hydrogen (secondary N) is 1. The van der Waals surface area contributed by atoms with E-state index in [1.807, 2.05) is 36.4 Å². The average Bonchev–Trinajstić information content (AvgIpc) is 2.70. The molecule has 5 nitrogen and oxygen atoms in total. The molecule has 0 atom stereocenters. The summed E-state index contributed by atoms with van der Waals surface area (Å²) < 4.78 is 4.94. The van der Waals surface area contributed by atoms with Gasteiger partial charge in [-0.25, -0.2) is 0 Å². The van der Waals surface area contributed by atoms with Crippen molar-refractivity contribution in [3.8, 4) is 0 Å². The van der Waals surface area contributed by atoms with E-state index in [-0.39, 0.29) is 5.91 Å². The molecule has 2 aromatic rings. The predicted molar refractivity (Wildman–Crippen MR) is 110 cm³/mol. The van der Waals surface area contributed by atoms with Gasteiger partial charge in [-0.3, -0.25) is 9.69 Å². The number of anilines is 1. The van der Waals surface area contributed by atoms with Gasteiger partial charge in [-0.15, -0.1) is 0 Å². The van der Waals surface area contributed by atoms with Crippen molar-refractivity contribution in [3.05, 3.63) is 64.7 Å². The number of carbonyl (C=O) groups is 1. The zero-order valence-electron chi connectivity index (χ0n) is 15.7.